The van der Waals surface area contributed by atoms with Crippen LogP contribution in [0, 0.1) is 0 Å². The summed E-state index contributed by atoms with van der Waals surface area (Å²) in [5.74, 6) is 0.0901. The van der Waals surface area contributed by atoms with Crippen molar-refractivity contribution in [2.45, 2.75) is 19.4 Å². The second-order valence-electron chi connectivity index (χ2n) is 6.68. The molecule has 0 bridgehead atoms. The number of hydrogen-bond donors (Lipinski definition) is 3. The van der Waals surface area contributed by atoms with Gasteiger partial charge >= 0.3 is 5.69 Å². The maximum absolute atomic E-state index is 12.7. The number of hydrogen-bond acceptors (Lipinski definition) is 4. The molecule has 0 amide bonds. The molecule has 3 aromatic rings. The molecule has 0 fully saturated rings. The van der Waals surface area contributed by atoms with E-state index in [1.807, 2.05) is 36.5 Å². The lowest BCUT2D eigenvalue weighted by Gasteiger charge is -2.24. The van der Waals surface area contributed by atoms with Gasteiger partial charge in [0.25, 0.3) is 5.56 Å². The highest BCUT2D eigenvalue weighted by molar-refractivity contribution is 5.50. The van der Waals surface area contributed by atoms with E-state index in [2.05, 4.69) is 4.98 Å². The summed E-state index contributed by atoms with van der Waals surface area (Å²) in [5, 5.41) is 13.1. The van der Waals surface area contributed by atoms with Crippen LogP contribution >= 0.6 is 0 Å². The van der Waals surface area contributed by atoms with Crippen LogP contribution in [0.5, 0.6) is 11.6 Å². The lowest BCUT2D eigenvalue weighted by atomic mass is 9.90. The van der Waals surface area contributed by atoms with E-state index in [1.54, 1.807) is 24.3 Å². The highest BCUT2D eigenvalue weighted by Crippen LogP contribution is 2.30. The van der Waals surface area contributed by atoms with Crippen LogP contribution in [-0.2, 0) is 6.42 Å². The first-order chi connectivity index (χ1) is 13.6. The zero-order valence-electron chi connectivity index (χ0n) is 15.5. The van der Waals surface area contributed by atoms with Crippen molar-refractivity contribution in [2.75, 3.05) is 13.2 Å². The van der Waals surface area contributed by atoms with Crippen molar-refractivity contribution in [3.05, 3.63) is 86.1 Å². The monoisotopic (exact) mass is 380 g/mol. The van der Waals surface area contributed by atoms with E-state index < -0.39 is 11.2 Å². The van der Waals surface area contributed by atoms with Crippen LogP contribution < -0.4 is 21.3 Å². The predicted molar refractivity (Wildman–Crippen MR) is 104 cm³/mol. The number of H-pyrrole nitrogens is 1. The predicted octanol–water partition coefficient (Wildman–Crippen LogP) is 0.839. The Kier molecular flexibility index (Phi) is 4.75. The number of para-hydroxylation sites is 2. The highest BCUT2D eigenvalue weighted by Gasteiger charge is 2.32. The number of ether oxygens (including phenoxy) is 1. The van der Waals surface area contributed by atoms with E-state index in [-0.39, 0.29) is 17.5 Å². The first kappa shape index (κ1) is 18.1. The summed E-state index contributed by atoms with van der Waals surface area (Å²) in [5.41, 5.74) is 1.37. The third kappa shape index (κ3) is 2.99. The summed E-state index contributed by atoms with van der Waals surface area (Å²) in [4.78, 5) is 27.6. The van der Waals surface area contributed by atoms with Gasteiger partial charge in [-0.3, -0.25) is 9.78 Å². The van der Waals surface area contributed by atoms with Gasteiger partial charge in [0, 0.05) is 12.0 Å². The largest absolute Gasteiger partial charge is 0.494 e. The zero-order valence-corrected chi connectivity index (χ0v) is 15.5. The lowest BCUT2D eigenvalue weighted by molar-refractivity contribution is -0.690. The number of nitrogens with one attached hydrogen (secondary N) is 1. The van der Waals surface area contributed by atoms with Gasteiger partial charge in [0.05, 0.1) is 18.8 Å². The minimum Gasteiger partial charge on any atom is -0.494 e. The Hall–Kier alpha value is -3.32. The number of aromatic hydroxyl groups is 1. The van der Waals surface area contributed by atoms with Crippen LogP contribution in [0.1, 0.15) is 29.7 Å². The van der Waals surface area contributed by atoms with E-state index in [0.29, 0.717) is 18.0 Å². The van der Waals surface area contributed by atoms with Crippen LogP contribution in [-0.4, -0.2) is 27.8 Å². The number of nitrogens with zero attached hydrogens (tertiary/aromatic N) is 1. The molecule has 7 heteroatoms. The van der Waals surface area contributed by atoms with Gasteiger partial charge in [0.15, 0.2) is 0 Å². The average molecular weight is 380 g/mol. The molecule has 1 aromatic heterocycles. The number of aromatic amines is 1. The molecule has 1 atom stereocenters. The molecule has 0 saturated heterocycles. The summed E-state index contributed by atoms with van der Waals surface area (Å²) in [6.07, 6.45) is 0.887. The minimum absolute atomic E-state index is 0.165. The van der Waals surface area contributed by atoms with Gasteiger partial charge in [-0.2, -0.15) is 0 Å². The van der Waals surface area contributed by atoms with Gasteiger partial charge < -0.3 is 15.2 Å². The quantitative estimate of drug-likeness (QED) is 0.624. The topological polar surface area (TPSA) is 101 Å². The fraction of sp³-hybridized carbons (Fsp3) is 0.238. The Morgan fingerprint density at radius 3 is 2.75 bits per heavy atom. The van der Waals surface area contributed by atoms with E-state index in [1.165, 1.54) is 0 Å². The lowest BCUT2D eigenvalue weighted by Crippen LogP contribution is -2.87. The van der Waals surface area contributed by atoms with E-state index in [4.69, 9.17) is 4.74 Å². The smallest absolute Gasteiger partial charge is 0.335 e. The SMILES string of the molecule is CCOc1ccccc1-n1c(O)c([C@H]2[NH2+]CCc3ccccc32)c(=O)[nH]c1=O. The second kappa shape index (κ2) is 7.36. The molecule has 2 heterocycles. The Labute approximate surface area is 161 Å². The molecule has 0 radical (unpaired) electrons. The van der Waals surface area contributed by atoms with Crippen molar-refractivity contribution >= 4 is 0 Å². The summed E-state index contributed by atoms with van der Waals surface area (Å²) >= 11 is 0. The number of quaternary nitrogens is 1. The van der Waals surface area contributed by atoms with Gasteiger partial charge in [-0.1, -0.05) is 36.4 Å². The molecule has 1 aliphatic heterocycles. The van der Waals surface area contributed by atoms with Crippen LogP contribution in [0.15, 0.2) is 58.1 Å². The van der Waals surface area contributed by atoms with E-state index in [0.717, 1.165) is 28.7 Å². The van der Waals surface area contributed by atoms with Crippen LogP contribution in [0.3, 0.4) is 0 Å². The molecule has 0 aliphatic carbocycles. The standard InChI is InChI=1S/C21H21N3O4/c1-2-28-16-10-6-5-9-15(16)24-20(26)17(19(25)23-21(24)27)18-14-8-4-3-7-13(14)11-12-22-18/h3-10,18,22,26H,2,11-12H2,1H3,(H,23,25,27)/p+1/t18-/m0/s1. The van der Waals surface area contributed by atoms with Gasteiger partial charge in [-0.05, 0) is 24.6 Å². The maximum Gasteiger partial charge on any atom is 0.335 e. The van der Waals surface area contributed by atoms with Gasteiger partial charge in [-0.15, -0.1) is 0 Å². The third-order valence-electron chi connectivity index (χ3n) is 5.04. The summed E-state index contributed by atoms with van der Waals surface area (Å²) in [6.45, 7) is 3.04. The molecular formula is C21H22N3O4+. The van der Waals surface area contributed by atoms with Crippen molar-refractivity contribution < 1.29 is 15.2 Å². The molecular weight excluding hydrogens is 358 g/mol. The molecule has 144 valence electrons. The molecule has 0 saturated carbocycles. The first-order valence-electron chi connectivity index (χ1n) is 9.33. The number of nitrogens with two attached hydrogens (primary N) is 1. The first-order valence-corrected chi connectivity index (χ1v) is 9.33. The molecule has 0 spiro atoms. The number of rotatable bonds is 4. The number of aromatic nitrogens is 2. The van der Waals surface area contributed by atoms with Gasteiger partial charge in [0.1, 0.15) is 17.4 Å². The van der Waals surface area contributed by atoms with Crippen molar-refractivity contribution in [1.82, 2.24) is 9.55 Å². The Morgan fingerprint density at radius 2 is 1.93 bits per heavy atom. The molecule has 4 rings (SSSR count). The second-order valence-corrected chi connectivity index (χ2v) is 6.68. The molecule has 2 aromatic carbocycles. The molecule has 4 N–H and O–H groups in total. The summed E-state index contributed by atoms with van der Waals surface area (Å²) < 4.78 is 6.71. The highest BCUT2D eigenvalue weighted by atomic mass is 16.5. The number of benzene rings is 2. The Bertz CT molecular complexity index is 1130. The van der Waals surface area contributed by atoms with Crippen LogP contribution in [0.25, 0.3) is 5.69 Å². The fourth-order valence-electron chi connectivity index (χ4n) is 3.83. The van der Waals surface area contributed by atoms with E-state index in [9.17, 15) is 14.7 Å². The maximum atomic E-state index is 12.7. The van der Waals surface area contributed by atoms with Gasteiger partial charge in [0.2, 0.25) is 5.88 Å². The van der Waals surface area contributed by atoms with Crippen molar-refractivity contribution in [1.29, 1.82) is 0 Å². The number of fused-ring (bicyclic) bond motifs is 1. The molecule has 0 unspecified atom stereocenters. The van der Waals surface area contributed by atoms with E-state index >= 15 is 0 Å². The Balaban J connectivity index is 1.95. The zero-order chi connectivity index (χ0) is 19.7. The minimum atomic E-state index is -0.706. The van der Waals surface area contributed by atoms with Gasteiger partial charge in [-0.25, -0.2) is 9.36 Å². The average Bonchev–Trinajstić information content (AvgIpc) is 2.69. The van der Waals surface area contributed by atoms with Crippen LogP contribution in [0.2, 0.25) is 0 Å². The molecule has 1 aliphatic rings. The van der Waals surface area contributed by atoms with Crippen molar-refractivity contribution in [2.24, 2.45) is 0 Å². The third-order valence-corrected chi connectivity index (χ3v) is 5.04. The fourth-order valence-corrected chi connectivity index (χ4v) is 3.83. The molecule has 28 heavy (non-hydrogen) atoms. The summed E-state index contributed by atoms with van der Waals surface area (Å²) in [7, 11) is 0. The van der Waals surface area contributed by atoms with Crippen molar-refractivity contribution in [3.8, 4) is 17.3 Å². The normalized spacial score (nSPS) is 15.8. The molecule has 7 nitrogen and oxygen atoms in total. The Morgan fingerprint density at radius 1 is 1.18 bits per heavy atom. The summed E-state index contributed by atoms with van der Waals surface area (Å²) in [6, 6.07) is 14.4. The van der Waals surface area contributed by atoms with Crippen molar-refractivity contribution in [3.63, 3.8) is 0 Å². The van der Waals surface area contributed by atoms with Crippen LogP contribution in [0.4, 0.5) is 0 Å².